The molecule has 0 aliphatic heterocycles. The van der Waals surface area contributed by atoms with E-state index in [1.807, 2.05) is 0 Å². The van der Waals surface area contributed by atoms with Crippen molar-refractivity contribution in [3.05, 3.63) is 22.5 Å². The van der Waals surface area contributed by atoms with Crippen molar-refractivity contribution in [1.82, 2.24) is 9.78 Å². The fourth-order valence-corrected chi connectivity index (χ4v) is 1.97. The van der Waals surface area contributed by atoms with E-state index < -0.39 is 4.92 Å². The number of hydrogen-bond acceptors (Lipinski definition) is 3. The largest absolute Gasteiger partial charge is 0.307 e. The van der Waals surface area contributed by atoms with Crippen LogP contribution < -0.4 is 0 Å². The van der Waals surface area contributed by atoms with Gasteiger partial charge in [0.1, 0.15) is 12.4 Å². The Labute approximate surface area is 81.9 Å². The lowest BCUT2D eigenvalue weighted by Gasteiger charge is -2.21. The summed E-state index contributed by atoms with van der Waals surface area (Å²) in [4.78, 5) is 10.1. The van der Waals surface area contributed by atoms with Crippen LogP contribution in [0.4, 0.5) is 5.69 Å². The van der Waals surface area contributed by atoms with Gasteiger partial charge in [0, 0.05) is 0 Å². The molecule has 5 heteroatoms. The summed E-state index contributed by atoms with van der Waals surface area (Å²) in [6, 6.07) is 0.373. The molecule has 0 spiro atoms. The van der Waals surface area contributed by atoms with Crippen LogP contribution >= 0.6 is 0 Å². The lowest BCUT2D eigenvalue weighted by atomic mass is 9.96. The van der Waals surface area contributed by atoms with E-state index in [1.54, 1.807) is 4.68 Å². The van der Waals surface area contributed by atoms with Crippen LogP contribution in [0.3, 0.4) is 0 Å². The Morgan fingerprint density at radius 3 is 2.71 bits per heavy atom. The van der Waals surface area contributed by atoms with Crippen molar-refractivity contribution in [2.45, 2.75) is 38.1 Å². The van der Waals surface area contributed by atoms with Crippen molar-refractivity contribution in [2.24, 2.45) is 0 Å². The van der Waals surface area contributed by atoms with Crippen LogP contribution in [0.5, 0.6) is 0 Å². The van der Waals surface area contributed by atoms with Gasteiger partial charge in [-0.15, -0.1) is 0 Å². The van der Waals surface area contributed by atoms with Crippen LogP contribution in [0.1, 0.15) is 38.1 Å². The lowest BCUT2D eigenvalue weighted by molar-refractivity contribution is -0.385. The van der Waals surface area contributed by atoms with E-state index in [0.29, 0.717) is 6.04 Å². The Bertz CT molecular complexity index is 329. The highest BCUT2D eigenvalue weighted by Crippen LogP contribution is 2.28. The fraction of sp³-hybridized carbons (Fsp3) is 0.667. The van der Waals surface area contributed by atoms with E-state index in [2.05, 4.69) is 5.10 Å². The molecule has 0 unspecified atom stereocenters. The maximum Gasteiger partial charge on any atom is 0.307 e. The van der Waals surface area contributed by atoms with E-state index in [1.165, 1.54) is 31.7 Å². The van der Waals surface area contributed by atoms with Gasteiger partial charge in [0.05, 0.1) is 11.0 Å². The molecule has 1 fully saturated rings. The van der Waals surface area contributed by atoms with Crippen LogP contribution in [0, 0.1) is 10.1 Å². The summed E-state index contributed by atoms with van der Waals surface area (Å²) in [5.41, 5.74) is 0.0931. The van der Waals surface area contributed by atoms with Crippen LogP contribution in [-0.4, -0.2) is 14.7 Å². The molecule has 2 rings (SSSR count). The SMILES string of the molecule is O=[N+]([O-])c1cnn(C2CCCCC2)c1. The van der Waals surface area contributed by atoms with Crippen LogP contribution in [-0.2, 0) is 0 Å². The first-order chi connectivity index (χ1) is 6.77. The molecule has 1 saturated carbocycles. The monoisotopic (exact) mass is 195 g/mol. The molecule has 1 aromatic rings. The van der Waals surface area contributed by atoms with Crippen molar-refractivity contribution in [3.8, 4) is 0 Å². The molecule has 1 heterocycles. The Kier molecular flexibility index (Phi) is 2.47. The molecule has 0 atom stereocenters. The molecule has 5 nitrogen and oxygen atoms in total. The zero-order chi connectivity index (χ0) is 9.97. The second-order valence-corrected chi connectivity index (χ2v) is 3.73. The number of nitrogens with zero attached hydrogens (tertiary/aromatic N) is 3. The first kappa shape index (κ1) is 9.18. The zero-order valence-electron chi connectivity index (χ0n) is 7.93. The third-order valence-corrected chi connectivity index (χ3v) is 2.75. The minimum Gasteiger partial charge on any atom is -0.263 e. The molecule has 14 heavy (non-hydrogen) atoms. The molecular formula is C9H13N3O2. The molecule has 0 aromatic carbocycles. The minimum absolute atomic E-state index is 0.0931. The summed E-state index contributed by atoms with van der Waals surface area (Å²) in [5.74, 6) is 0. The molecule has 0 bridgehead atoms. The van der Waals surface area contributed by atoms with Gasteiger partial charge in [-0.2, -0.15) is 5.10 Å². The maximum absolute atomic E-state index is 10.4. The van der Waals surface area contributed by atoms with Crippen LogP contribution in [0.25, 0.3) is 0 Å². The van der Waals surface area contributed by atoms with E-state index >= 15 is 0 Å². The normalized spacial score (nSPS) is 18.3. The summed E-state index contributed by atoms with van der Waals surface area (Å²) in [6.07, 6.45) is 8.75. The second-order valence-electron chi connectivity index (χ2n) is 3.73. The highest BCUT2D eigenvalue weighted by atomic mass is 16.6. The van der Waals surface area contributed by atoms with E-state index in [-0.39, 0.29) is 5.69 Å². The number of hydrogen-bond donors (Lipinski definition) is 0. The van der Waals surface area contributed by atoms with Gasteiger partial charge in [0.25, 0.3) is 0 Å². The smallest absolute Gasteiger partial charge is 0.263 e. The minimum atomic E-state index is -0.397. The molecule has 0 amide bonds. The van der Waals surface area contributed by atoms with Gasteiger partial charge in [-0.05, 0) is 12.8 Å². The van der Waals surface area contributed by atoms with Crippen molar-refractivity contribution >= 4 is 5.69 Å². The molecular weight excluding hydrogens is 182 g/mol. The van der Waals surface area contributed by atoms with Crippen molar-refractivity contribution in [2.75, 3.05) is 0 Å². The second kappa shape index (κ2) is 3.77. The Balaban J connectivity index is 2.11. The van der Waals surface area contributed by atoms with E-state index in [0.717, 1.165) is 12.8 Å². The summed E-state index contributed by atoms with van der Waals surface area (Å²) in [5, 5.41) is 14.5. The van der Waals surface area contributed by atoms with Crippen LogP contribution in [0.2, 0.25) is 0 Å². The molecule has 1 aliphatic rings. The van der Waals surface area contributed by atoms with E-state index in [4.69, 9.17) is 0 Å². The van der Waals surface area contributed by atoms with Gasteiger partial charge in [-0.25, -0.2) is 0 Å². The van der Waals surface area contributed by atoms with Crippen molar-refractivity contribution < 1.29 is 4.92 Å². The predicted molar refractivity (Wildman–Crippen MR) is 51.0 cm³/mol. The highest BCUT2D eigenvalue weighted by Gasteiger charge is 2.18. The van der Waals surface area contributed by atoms with Gasteiger partial charge in [0.2, 0.25) is 0 Å². The average molecular weight is 195 g/mol. The van der Waals surface area contributed by atoms with E-state index in [9.17, 15) is 10.1 Å². The summed E-state index contributed by atoms with van der Waals surface area (Å²) >= 11 is 0. The summed E-state index contributed by atoms with van der Waals surface area (Å²) < 4.78 is 1.75. The molecule has 1 aromatic heterocycles. The highest BCUT2D eigenvalue weighted by molar-refractivity contribution is 5.21. The lowest BCUT2D eigenvalue weighted by Crippen LogP contribution is -2.12. The predicted octanol–water partition coefficient (Wildman–Crippen LogP) is 2.30. The van der Waals surface area contributed by atoms with Crippen LogP contribution in [0.15, 0.2) is 12.4 Å². The fourth-order valence-electron chi connectivity index (χ4n) is 1.97. The standard InChI is InChI=1S/C9H13N3O2/c13-12(14)9-6-10-11(7-9)8-4-2-1-3-5-8/h6-8H,1-5H2. The molecule has 0 radical (unpaired) electrons. The number of aromatic nitrogens is 2. The number of nitro groups is 1. The van der Waals surface area contributed by atoms with Gasteiger partial charge in [0.15, 0.2) is 0 Å². The zero-order valence-corrected chi connectivity index (χ0v) is 7.93. The first-order valence-corrected chi connectivity index (χ1v) is 4.96. The average Bonchev–Trinajstić information content (AvgIpc) is 2.68. The van der Waals surface area contributed by atoms with Gasteiger partial charge in [-0.3, -0.25) is 14.8 Å². The van der Waals surface area contributed by atoms with Gasteiger partial charge in [-0.1, -0.05) is 19.3 Å². The molecule has 76 valence electrons. The molecule has 1 aliphatic carbocycles. The summed E-state index contributed by atoms with van der Waals surface area (Å²) in [7, 11) is 0. The topological polar surface area (TPSA) is 61.0 Å². The number of rotatable bonds is 2. The molecule has 0 saturated heterocycles. The van der Waals surface area contributed by atoms with Gasteiger partial charge >= 0.3 is 5.69 Å². The van der Waals surface area contributed by atoms with Gasteiger partial charge < -0.3 is 0 Å². The van der Waals surface area contributed by atoms with Crippen molar-refractivity contribution in [1.29, 1.82) is 0 Å². The summed E-state index contributed by atoms with van der Waals surface area (Å²) in [6.45, 7) is 0. The van der Waals surface area contributed by atoms with Crippen molar-refractivity contribution in [3.63, 3.8) is 0 Å². The quantitative estimate of drug-likeness (QED) is 0.537. The third-order valence-electron chi connectivity index (χ3n) is 2.75. The first-order valence-electron chi connectivity index (χ1n) is 4.96. The Morgan fingerprint density at radius 1 is 1.43 bits per heavy atom. The Hall–Kier alpha value is -1.39. The maximum atomic E-state index is 10.4. The Morgan fingerprint density at radius 2 is 2.14 bits per heavy atom. The molecule has 0 N–H and O–H groups in total. The third kappa shape index (κ3) is 1.76.